The van der Waals surface area contributed by atoms with Gasteiger partial charge in [-0.1, -0.05) is 12.1 Å². The van der Waals surface area contributed by atoms with Crippen LogP contribution in [0.5, 0.6) is 5.75 Å². The van der Waals surface area contributed by atoms with Crippen LogP contribution in [-0.2, 0) is 11.2 Å². The molecule has 0 bridgehead atoms. The summed E-state index contributed by atoms with van der Waals surface area (Å²) in [5.41, 5.74) is 3.16. The topological polar surface area (TPSA) is 91.4 Å². The highest BCUT2D eigenvalue weighted by molar-refractivity contribution is 5.97. The van der Waals surface area contributed by atoms with Crippen molar-refractivity contribution in [3.63, 3.8) is 0 Å². The van der Waals surface area contributed by atoms with Gasteiger partial charge >= 0.3 is 0 Å². The molecule has 0 unspecified atom stereocenters. The molecule has 0 radical (unpaired) electrons. The van der Waals surface area contributed by atoms with Crippen molar-refractivity contribution < 1.29 is 14.3 Å². The number of amides is 2. The molecule has 1 aromatic carbocycles. The van der Waals surface area contributed by atoms with Crippen molar-refractivity contribution in [1.29, 1.82) is 0 Å². The van der Waals surface area contributed by atoms with Gasteiger partial charge in [0.15, 0.2) is 5.65 Å². The lowest BCUT2D eigenvalue weighted by molar-refractivity contribution is -0.131. The number of nitrogens with zero attached hydrogens (tertiary/aromatic N) is 4. The molecule has 8 heteroatoms. The van der Waals surface area contributed by atoms with Gasteiger partial charge in [0, 0.05) is 49.9 Å². The van der Waals surface area contributed by atoms with Crippen LogP contribution in [-0.4, -0.2) is 70.1 Å². The maximum atomic E-state index is 13.0. The molecule has 8 nitrogen and oxygen atoms in total. The second-order valence-corrected chi connectivity index (χ2v) is 7.82. The van der Waals surface area contributed by atoms with Crippen molar-refractivity contribution in [2.45, 2.75) is 26.2 Å². The van der Waals surface area contributed by atoms with Gasteiger partial charge in [-0.3, -0.25) is 14.7 Å². The van der Waals surface area contributed by atoms with Gasteiger partial charge in [-0.05, 0) is 43.5 Å². The average molecular weight is 422 g/mol. The lowest BCUT2D eigenvalue weighted by atomic mass is 10.1. The fourth-order valence-electron chi connectivity index (χ4n) is 3.89. The fraction of sp³-hybridized carbons (Fsp3) is 0.391. The first-order chi connectivity index (χ1) is 15.0. The highest BCUT2D eigenvalue weighted by Crippen LogP contribution is 2.17. The minimum atomic E-state index is -0.0532. The van der Waals surface area contributed by atoms with Gasteiger partial charge in [-0.2, -0.15) is 5.10 Å². The molecule has 2 amide bonds. The summed E-state index contributed by atoms with van der Waals surface area (Å²) in [4.78, 5) is 33.7. The summed E-state index contributed by atoms with van der Waals surface area (Å²) >= 11 is 0. The number of pyridine rings is 1. The van der Waals surface area contributed by atoms with Crippen LogP contribution in [0.2, 0.25) is 0 Å². The van der Waals surface area contributed by atoms with Gasteiger partial charge < -0.3 is 14.5 Å². The Hall–Kier alpha value is -3.42. The molecule has 0 atom stereocenters. The van der Waals surface area contributed by atoms with Crippen LogP contribution in [0.25, 0.3) is 11.0 Å². The van der Waals surface area contributed by atoms with Crippen LogP contribution in [0.1, 0.15) is 34.5 Å². The molecule has 4 rings (SSSR count). The number of carbonyl (C=O) groups is 2. The molecular weight excluding hydrogens is 394 g/mol. The maximum Gasteiger partial charge on any atom is 0.255 e. The zero-order valence-corrected chi connectivity index (χ0v) is 17.9. The normalized spacial score (nSPS) is 14.5. The van der Waals surface area contributed by atoms with Crippen LogP contribution >= 0.6 is 0 Å². The summed E-state index contributed by atoms with van der Waals surface area (Å²) in [6.07, 6.45) is 3.49. The Morgan fingerprint density at radius 2 is 1.84 bits per heavy atom. The highest BCUT2D eigenvalue weighted by atomic mass is 16.5. The number of ether oxygens (including phenoxy) is 1. The molecule has 1 aliphatic rings. The first kappa shape index (κ1) is 20.8. The SMILES string of the molecule is COc1ccc(CCC(=O)N2CCCN(C(=O)c3cnc4n[nH]c(C)c4c3)CC2)cc1. The van der Waals surface area contributed by atoms with E-state index in [1.165, 1.54) is 0 Å². The second kappa shape index (κ2) is 9.16. The first-order valence-corrected chi connectivity index (χ1v) is 10.6. The lowest BCUT2D eigenvalue weighted by Crippen LogP contribution is -2.37. The minimum absolute atomic E-state index is 0.0532. The summed E-state index contributed by atoms with van der Waals surface area (Å²) in [6.45, 7) is 4.28. The Labute approximate surface area is 181 Å². The first-order valence-electron chi connectivity index (χ1n) is 10.6. The number of aromatic amines is 1. The summed E-state index contributed by atoms with van der Waals surface area (Å²) < 4.78 is 5.17. The number of hydrogen-bond donors (Lipinski definition) is 1. The molecule has 1 saturated heterocycles. The number of aryl methyl sites for hydroxylation is 2. The Morgan fingerprint density at radius 3 is 2.61 bits per heavy atom. The number of carbonyl (C=O) groups excluding carboxylic acids is 2. The summed E-state index contributed by atoms with van der Waals surface area (Å²) in [5.74, 6) is 0.884. The molecule has 1 fully saturated rings. The van der Waals surface area contributed by atoms with E-state index in [-0.39, 0.29) is 11.8 Å². The van der Waals surface area contributed by atoms with E-state index in [9.17, 15) is 9.59 Å². The Balaban J connectivity index is 1.34. The van der Waals surface area contributed by atoms with E-state index in [0.29, 0.717) is 50.2 Å². The number of benzene rings is 1. The van der Waals surface area contributed by atoms with E-state index in [1.54, 1.807) is 13.3 Å². The third-order valence-corrected chi connectivity index (χ3v) is 5.77. The molecule has 3 heterocycles. The second-order valence-electron chi connectivity index (χ2n) is 7.82. The van der Waals surface area contributed by atoms with Crippen LogP contribution in [0.4, 0.5) is 0 Å². The zero-order valence-electron chi connectivity index (χ0n) is 17.9. The van der Waals surface area contributed by atoms with Crippen molar-refractivity contribution in [3.05, 3.63) is 53.3 Å². The number of aromatic nitrogens is 3. The number of H-pyrrole nitrogens is 1. The molecule has 0 spiro atoms. The number of rotatable bonds is 5. The largest absolute Gasteiger partial charge is 0.497 e. The molecule has 0 aliphatic carbocycles. The highest BCUT2D eigenvalue weighted by Gasteiger charge is 2.23. The van der Waals surface area contributed by atoms with Gasteiger partial charge in [0.1, 0.15) is 5.75 Å². The lowest BCUT2D eigenvalue weighted by Gasteiger charge is -2.22. The standard InChI is InChI=1S/C23H27N5O3/c1-16-20-14-18(15-24-22(20)26-25-16)23(30)28-11-3-10-27(12-13-28)21(29)9-6-17-4-7-19(31-2)8-5-17/h4-5,7-8,14-15H,3,6,9-13H2,1-2H3,(H,24,25,26). The Bertz CT molecular complexity index is 1080. The predicted molar refractivity (Wildman–Crippen MR) is 117 cm³/mol. The van der Waals surface area contributed by atoms with Crippen LogP contribution in [0.15, 0.2) is 36.5 Å². The molecule has 162 valence electrons. The van der Waals surface area contributed by atoms with Crippen molar-refractivity contribution in [2.75, 3.05) is 33.3 Å². The summed E-state index contributed by atoms with van der Waals surface area (Å²) in [7, 11) is 1.64. The van der Waals surface area contributed by atoms with Crippen molar-refractivity contribution >= 4 is 22.8 Å². The number of fused-ring (bicyclic) bond motifs is 1. The predicted octanol–water partition coefficient (Wildman–Crippen LogP) is 2.58. The third-order valence-electron chi connectivity index (χ3n) is 5.77. The van der Waals surface area contributed by atoms with Gasteiger partial charge in [-0.25, -0.2) is 4.98 Å². The van der Waals surface area contributed by atoms with Crippen molar-refractivity contribution in [3.8, 4) is 5.75 Å². The summed E-state index contributed by atoms with van der Waals surface area (Å²) in [5, 5.41) is 7.86. The van der Waals surface area contributed by atoms with Crippen LogP contribution in [0, 0.1) is 6.92 Å². The maximum absolute atomic E-state index is 13.0. The Kier molecular flexibility index (Phi) is 6.16. The molecule has 3 aromatic rings. The van der Waals surface area contributed by atoms with E-state index >= 15 is 0 Å². The molecular formula is C23H27N5O3. The van der Waals surface area contributed by atoms with Gasteiger partial charge in [0.05, 0.1) is 12.7 Å². The summed E-state index contributed by atoms with van der Waals surface area (Å²) in [6, 6.07) is 9.63. The van der Waals surface area contributed by atoms with Gasteiger partial charge in [0.25, 0.3) is 5.91 Å². The molecule has 1 N–H and O–H groups in total. The van der Waals surface area contributed by atoms with Crippen molar-refractivity contribution in [2.24, 2.45) is 0 Å². The van der Waals surface area contributed by atoms with E-state index in [4.69, 9.17) is 4.74 Å². The van der Waals surface area contributed by atoms with E-state index in [1.807, 2.05) is 47.1 Å². The van der Waals surface area contributed by atoms with Crippen molar-refractivity contribution in [1.82, 2.24) is 25.0 Å². The quantitative estimate of drug-likeness (QED) is 0.684. The third kappa shape index (κ3) is 4.68. The molecule has 1 aliphatic heterocycles. The fourth-order valence-corrected chi connectivity index (χ4v) is 3.89. The zero-order chi connectivity index (χ0) is 21.8. The monoisotopic (exact) mass is 421 g/mol. The van der Waals surface area contributed by atoms with Crippen LogP contribution < -0.4 is 4.74 Å². The van der Waals surface area contributed by atoms with Gasteiger partial charge in [0.2, 0.25) is 5.91 Å². The average Bonchev–Trinajstić information content (AvgIpc) is 3.01. The molecule has 31 heavy (non-hydrogen) atoms. The smallest absolute Gasteiger partial charge is 0.255 e. The van der Waals surface area contributed by atoms with E-state index in [0.717, 1.165) is 28.8 Å². The molecule has 0 saturated carbocycles. The van der Waals surface area contributed by atoms with E-state index < -0.39 is 0 Å². The Morgan fingerprint density at radius 1 is 1.10 bits per heavy atom. The number of methoxy groups -OCH3 is 1. The number of hydrogen-bond acceptors (Lipinski definition) is 5. The minimum Gasteiger partial charge on any atom is -0.497 e. The molecule has 2 aromatic heterocycles. The van der Waals surface area contributed by atoms with Gasteiger partial charge in [-0.15, -0.1) is 0 Å². The van der Waals surface area contributed by atoms with Crippen LogP contribution in [0.3, 0.4) is 0 Å². The number of nitrogens with one attached hydrogen (secondary N) is 1. The van der Waals surface area contributed by atoms with E-state index in [2.05, 4.69) is 15.2 Å².